The number of fused-ring (bicyclic) bond motifs is 1. The van der Waals surface area contributed by atoms with Crippen molar-refractivity contribution in [3.8, 4) is 11.5 Å². The monoisotopic (exact) mass is 329 g/mol. The quantitative estimate of drug-likeness (QED) is 0.754. The van der Waals surface area contributed by atoms with Crippen LogP contribution in [0, 0.1) is 0 Å². The molecule has 0 amide bonds. The average molecular weight is 330 g/mol. The highest BCUT2D eigenvalue weighted by atomic mass is 35.5. The van der Waals surface area contributed by atoms with E-state index in [2.05, 4.69) is 5.32 Å². The van der Waals surface area contributed by atoms with Gasteiger partial charge in [-0.15, -0.1) is 0 Å². The third-order valence-corrected chi connectivity index (χ3v) is 3.93. The van der Waals surface area contributed by atoms with E-state index in [-0.39, 0.29) is 27.6 Å². The van der Waals surface area contributed by atoms with Crippen LogP contribution >= 0.6 is 11.6 Å². The molecule has 1 aliphatic rings. The molecule has 0 radical (unpaired) electrons. The van der Waals surface area contributed by atoms with Crippen molar-refractivity contribution in [2.75, 3.05) is 0 Å². The lowest BCUT2D eigenvalue weighted by molar-refractivity contribution is 0.0969. The van der Waals surface area contributed by atoms with E-state index in [0.717, 1.165) is 17.7 Å². The number of rotatable bonds is 3. The second-order valence-electron chi connectivity index (χ2n) is 5.04. The molecular weight excluding hydrogens is 318 g/mol. The fourth-order valence-electron chi connectivity index (χ4n) is 2.43. The van der Waals surface area contributed by atoms with Gasteiger partial charge < -0.3 is 15.5 Å². The zero-order valence-electron chi connectivity index (χ0n) is 11.8. The van der Waals surface area contributed by atoms with Crippen molar-refractivity contribution in [3.05, 3.63) is 69.9 Å². The Morgan fingerprint density at radius 2 is 1.43 bits per heavy atom. The normalized spacial score (nSPS) is 14.0. The van der Waals surface area contributed by atoms with Gasteiger partial charge in [0.25, 0.3) is 0 Å². The number of Topliss-reactive ketones (excluding diaryl/α,β-unsaturated/α-hetero) is 2. The Hall–Kier alpha value is -2.79. The van der Waals surface area contributed by atoms with Crippen molar-refractivity contribution in [2.45, 2.75) is 6.54 Å². The van der Waals surface area contributed by atoms with Gasteiger partial charge in [-0.25, -0.2) is 0 Å². The molecule has 116 valence electrons. The number of carbonyl (C=O) groups is 2. The van der Waals surface area contributed by atoms with Crippen LogP contribution in [0.15, 0.2) is 53.2 Å². The molecule has 0 heterocycles. The smallest absolute Gasteiger partial charge is 0.215 e. The number of benzene rings is 2. The minimum atomic E-state index is -0.703. The van der Waals surface area contributed by atoms with E-state index >= 15 is 0 Å². The zero-order chi connectivity index (χ0) is 16.6. The second kappa shape index (κ2) is 5.78. The van der Waals surface area contributed by atoms with Crippen molar-refractivity contribution >= 4 is 23.2 Å². The molecule has 2 aromatic rings. The number of aromatic hydroxyl groups is 2. The first-order chi connectivity index (χ1) is 11.0. The number of carbonyl (C=O) groups excluding carboxylic acids is 2. The summed E-state index contributed by atoms with van der Waals surface area (Å²) in [6, 6.07) is 11.6. The minimum absolute atomic E-state index is 0.0890. The van der Waals surface area contributed by atoms with E-state index in [4.69, 9.17) is 11.6 Å². The maximum atomic E-state index is 12.5. The number of allylic oxidation sites excluding steroid dienone is 2. The van der Waals surface area contributed by atoms with Crippen molar-refractivity contribution in [3.63, 3.8) is 0 Å². The maximum Gasteiger partial charge on any atom is 0.215 e. The van der Waals surface area contributed by atoms with Crippen molar-refractivity contribution in [1.29, 1.82) is 0 Å². The van der Waals surface area contributed by atoms with E-state index < -0.39 is 17.3 Å². The summed E-state index contributed by atoms with van der Waals surface area (Å²) in [5.74, 6) is -2.10. The third-order valence-electron chi connectivity index (χ3n) is 3.57. The number of ketones is 2. The Balaban J connectivity index is 1.99. The van der Waals surface area contributed by atoms with E-state index in [1.165, 1.54) is 0 Å². The average Bonchev–Trinajstić information content (AvgIpc) is 2.55. The highest BCUT2D eigenvalue weighted by Crippen LogP contribution is 2.37. The number of phenolic OH excluding ortho intramolecular Hbond substituents is 2. The van der Waals surface area contributed by atoms with Gasteiger partial charge in [-0.3, -0.25) is 9.59 Å². The second-order valence-corrected chi connectivity index (χ2v) is 5.42. The summed E-state index contributed by atoms with van der Waals surface area (Å²) in [6.45, 7) is 0.292. The highest BCUT2D eigenvalue weighted by Gasteiger charge is 2.35. The first kappa shape index (κ1) is 15.1. The predicted octanol–water partition coefficient (Wildman–Crippen LogP) is 2.72. The first-order valence-electron chi connectivity index (χ1n) is 6.82. The van der Waals surface area contributed by atoms with Crippen LogP contribution in [0.3, 0.4) is 0 Å². The number of hydrogen-bond donors (Lipinski definition) is 3. The molecule has 0 aliphatic heterocycles. The van der Waals surface area contributed by atoms with Crippen molar-refractivity contribution < 1.29 is 19.8 Å². The summed E-state index contributed by atoms with van der Waals surface area (Å²) >= 11 is 6.00. The van der Waals surface area contributed by atoms with Crippen LogP contribution in [-0.4, -0.2) is 21.8 Å². The topological polar surface area (TPSA) is 86.6 Å². The predicted molar refractivity (Wildman–Crippen MR) is 84.6 cm³/mol. The summed E-state index contributed by atoms with van der Waals surface area (Å²) in [6.07, 6.45) is 0. The lowest BCUT2D eigenvalue weighted by Gasteiger charge is -2.20. The molecule has 0 spiro atoms. The molecule has 0 fully saturated rings. The van der Waals surface area contributed by atoms with Crippen molar-refractivity contribution in [2.24, 2.45) is 0 Å². The van der Waals surface area contributed by atoms with Gasteiger partial charge in [-0.2, -0.15) is 0 Å². The molecule has 0 bridgehead atoms. The van der Waals surface area contributed by atoms with Crippen LogP contribution in [0.4, 0.5) is 0 Å². The molecule has 0 atom stereocenters. The Kier molecular flexibility index (Phi) is 3.80. The van der Waals surface area contributed by atoms with Gasteiger partial charge in [0.2, 0.25) is 11.6 Å². The molecule has 0 saturated carbocycles. The van der Waals surface area contributed by atoms with Gasteiger partial charge in [0.15, 0.2) is 0 Å². The Morgan fingerprint density at radius 1 is 0.870 bits per heavy atom. The molecule has 23 heavy (non-hydrogen) atoms. The Morgan fingerprint density at radius 3 is 2.04 bits per heavy atom. The molecule has 3 rings (SSSR count). The lowest BCUT2D eigenvalue weighted by Crippen LogP contribution is -2.29. The summed E-state index contributed by atoms with van der Waals surface area (Å²) < 4.78 is 0. The SMILES string of the molecule is O=C1C(Cl)=C(NCc2ccccc2)C(=O)c2c(O)ccc(O)c21. The molecule has 0 aromatic heterocycles. The standard InChI is InChI=1S/C17H12ClNO4/c18-14-15(19-8-9-4-2-1-3-5-9)17(23)13-11(21)7-6-10(20)12(13)16(14)22/h1-7,19-21H,8H2. The number of halogens is 1. The molecule has 2 aromatic carbocycles. The largest absolute Gasteiger partial charge is 0.507 e. The van der Waals surface area contributed by atoms with E-state index in [1.807, 2.05) is 30.3 Å². The number of phenols is 2. The van der Waals surface area contributed by atoms with Crippen molar-refractivity contribution in [1.82, 2.24) is 5.32 Å². The van der Waals surface area contributed by atoms with Gasteiger partial charge in [-0.05, 0) is 17.7 Å². The van der Waals surface area contributed by atoms with Gasteiger partial charge >= 0.3 is 0 Å². The Labute approximate surface area is 136 Å². The van der Waals surface area contributed by atoms with E-state index in [9.17, 15) is 19.8 Å². The highest BCUT2D eigenvalue weighted by molar-refractivity contribution is 6.50. The van der Waals surface area contributed by atoms with E-state index in [1.54, 1.807) is 0 Å². The lowest BCUT2D eigenvalue weighted by atomic mass is 9.90. The number of nitrogens with one attached hydrogen (secondary N) is 1. The third kappa shape index (κ3) is 2.55. The molecule has 1 aliphatic carbocycles. The molecule has 0 saturated heterocycles. The molecule has 6 heteroatoms. The molecular formula is C17H12ClNO4. The fraction of sp³-hybridized carbons (Fsp3) is 0.0588. The zero-order valence-corrected chi connectivity index (χ0v) is 12.6. The molecule has 0 unspecified atom stereocenters. The van der Waals surface area contributed by atoms with Gasteiger partial charge in [-0.1, -0.05) is 41.9 Å². The van der Waals surface area contributed by atoms with E-state index in [0.29, 0.717) is 6.54 Å². The summed E-state index contributed by atoms with van der Waals surface area (Å²) in [5.41, 5.74) is 0.296. The Bertz CT molecular complexity index is 843. The van der Waals surface area contributed by atoms with Crippen LogP contribution in [0.25, 0.3) is 0 Å². The van der Waals surface area contributed by atoms with Gasteiger partial charge in [0.1, 0.15) is 22.2 Å². The van der Waals surface area contributed by atoms with Crippen LogP contribution in [0.1, 0.15) is 26.3 Å². The molecule has 5 nitrogen and oxygen atoms in total. The van der Waals surface area contributed by atoms with Crippen LogP contribution in [0.5, 0.6) is 11.5 Å². The number of hydrogen-bond acceptors (Lipinski definition) is 5. The van der Waals surface area contributed by atoms with Gasteiger partial charge in [0.05, 0.1) is 11.1 Å². The first-order valence-corrected chi connectivity index (χ1v) is 7.20. The van der Waals surface area contributed by atoms with Crippen LogP contribution < -0.4 is 5.32 Å². The maximum absolute atomic E-state index is 12.5. The molecule has 3 N–H and O–H groups in total. The minimum Gasteiger partial charge on any atom is -0.507 e. The fourth-order valence-corrected chi connectivity index (χ4v) is 2.68. The summed E-state index contributed by atoms with van der Waals surface area (Å²) in [4.78, 5) is 24.8. The summed E-state index contributed by atoms with van der Waals surface area (Å²) in [5, 5.41) is 22.2. The van der Waals surface area contributed by atoms with Gasteiger partial charge in [0, 0.05) is 6.54 Å². The van der Waals surface area contributed by atoms with Crippen LogP contribution in [-0.2, 0) is 6.54 Å². The summed E-state index contributed by atoms with van der Waals surface area (Å²) in [7, 11) is 0. The van der Waals surface area contributed by atoms with Crippen LogP contribution in [0.2, 0.25) is 0 Å².